The molecule has 2 heterocycles. The molecular formula is C17H20BrClFN3O. The van der Waals surface area contributed by atoms with Gasteiger partial charge in [0.1, 0.15) is 11.5 Å². The molecule has 1 amide bonds. The van der Waals surface area contributed by atoms with Gasteiger partial charge in [0.2, 0.25) is 0 Å². The zero-order valence-electron chi connectivity index (χ0n) is 13.3. The molecule has 130 valence electrons. The van der Waals surface area contributed by atoms with Crippen molar-refractivity contribution in [3.05, 3.63) is 58.1 Å². The number of nitrogens with zero attached hydrogens (tertiary/aromatic N) is 2. The lowest BCUT2D eigenvalue weighted by Gasteiger charge is -2.36. The average molecular weight is 417 g/mol. The molecule has 3 rings (SSSR count). The molecule has 0 spiro atoms. The van der Waals surface area contributed by atoms with Crippen LogP contribution >= 0.6 is 28.3 Å². The van der Waals surface area contributed by atoms with Crippen molar-refractivity contribution in [2.75, 3.05) is 19.6 Å². The van der Waals surface area contributed by atoms with Crippen molar-refractivity contribution in [3.8, 4) is 0 Å². The number of aryl methyl sites for hydroxylation is 1. The van der Waals surface area contributed by atoms with Gasteiger partial charge in [-0.15, -0.1) is 12.4 Å². The lowest BCUT2D eigenvalue weighted by atomic mass is 10.0. The zero-order chi connectivity index (χ0) is 16.4. The van der Waals surface area contributed by atoms with Gasteiger partial charge in [0.05, 0.1) is 6.04 Å². The van der Waals surface area contributed by atoms with Crippen LogP contribution in [0.5, 0.6) is 0 Å². The van der Waals surface area contributed by atoms with Crippen LogP contribution < -0.4 is 5.32 Å². The molecule has 4 nitrogen and oxygen atoms in total. The Balaban J connectivity index is 0.00000208. The van der Waals surface area contributed by atoms with Gasteiger partial charge in [-0.2, -0.15) is 0 Å². The van der Waals surface area contributed by atoms with Gasteiger partial charge < -0.3 is 14.8 Å². The van der Waals surface area contributed by atoms with Crippen LogP contribution in [0.4, 0.5) is 4.39 Å². The summed E-state index contributed by atoms with van der Waals surface area (Å²) in [5.74, 6) is -0.298. The van der Waals surface area contributed by atoms with Crippen molar-refractivity contribution < 1.29 is 9.18 Å². The van der Waals surface area contributed by atoms with Crippen LogP contribution in [0, 0.1) is 5.82 Å². The van der Waals surface area contributed by atoms with Crippen molar-refractivity contribution in [2.24, 2.45) is 0 Å². The summed E-state index contributed by atoms with van der Waals surface area (Å²) in [6.07, 6.45) is 1.91. The lowest BCUT2D eigenvalue weighted by molar-refractivity contribution is 0.0623. The first-order valence-electron chi connectivity index (χ1n) is 7.73. The molecule has 2 aromatic rings. The molecular weight excluding hydrogens is 397 g/mol. The first-order chi connectivity index (χ1) is 11.1. The Labute approximate surface area is 155 Å². The number of carbonyl (C=O) groups excluding carboxylic acids is 1. The second-order valence-electron chi connectivity index (χ2n) is 5.60. The summed E-state index contributed by atoms with van der Waals surface area (Å²) in [5.41, 5.74) is 1.47. The smallest absolute Gasteiger partial charge is 0.271 e. The Bertz CT molecular complexity index is 722. The van der Waals surface area contributed by atoms with E-state index in [0.29, 0.717) is 18.8 Å². The van der Waals surface area contributed by atoms with Gasteiger partial charge in [-0.3, -0.25) is 4.79 Å². The van der Waals surface area contributed by atoms with Crippen molar-refractivity contribution in [2.45, 2.75) is 19.5 Å². The summed E-state index contributed by atoms with van der Waals surface area (Å²) in [6.45, 7) is 4.70. The number of rotatable bonds is 3. The van der Waals surface area contributed by atoms with E-state index in [1.165, 1.54) is 12.1 Å². The third-order valence-electron chi connectivity index (χ3n) is 4.16. The molecule has 1 atom stereocenters. The number of benzene rings is 1. The first-order valence-corrected chi connectivity index (χ1v) is 8.52. The van der Waals surface area contributed by atoms with Crippen LogP contribution in [0.1, 0.15) is 29.0 Å². The molecule has 1 unspecified atom stereocenters. The highest BCUT2D eigenvalue weighted by Crippen LogP contribution is 2.26. The predicted octanol–water partition coefficient (Wildman–Crippen LogP) is 3.62. The molecule has 1 saturated heterocycles. The minimum atomic E-state index is -0.278. The fourth-order valence-electron chi connectivity index (χ4n) is 3.02. The van der Waals surface area contributed by atoms with Crippen molar-refractivity contribution in [1.29, 1.82) is 0 Å². The summed E-state index contributed by atoms with van der Waals surface area (Å²) < 4.78 is 16.4. The monoisotopic (exact) mass is 415 g/mol. The number of hydrogen-bond donors (Lipinski definition) is 1. The second-order valence-corrected chi connectivity index (χ2v) is 6.52. The predicted molar refractivity (Wildman–Crippen MR) is 98.1 cm³/mol. The average Bonchev–Trinajstić information content (AvgIpc) is 2.95. The van der Waals surface area contributed by atoms with Crippen molar-refractivity contribution in [3.63, 3.8) is 0 Å². The topological polar surface area (TPSA) is 37.3 Å². The maximum Gasteiger partial charge on any atom is 0.271 e. The number of piperazine rings is 1. The van der Waals surface area contributed by atoms with Gasteiger partial charge in [0.15, 0.2) is 0 Å². The molecule has 1 aromatic carbocycles. The van der Waals surface area contributed by atoms with Gasteiger partial charge >= 0.3 is 0 Å². The maximum absolute atomic E-state index is 13.6. The molecule has 1 N–H and O–H groups in total. The van der Waals surface area contributed by atoms with E-state index < -0.39 is 0 Å². The van der Waals surface area contributed by atoms with Crippen LogP contribution in [-0.2, 0) is 6.54 Å². The van der Waals surface area contributed by atoms with E-state index in [9.17, 15) is 9.18 Å². The third-order valence-corrected chi connectivity index (χ3v) is 4.59. The van der Waals surface area contributed by atoms with E-state index in [2.05, 4.69) is 21.2 Å². The van der Waals surface area contributed by atoms with Crippen LogP contribution in [0.2, 0.25) is 0 Å². The Hall–Kier alpha value is -1.37. The summed E-state index contributed by atoms with van der Waals surface area (Å²) in [7, 11) is 0. The second kappa shape index (κ2) is 8.14. The molecule has 0 radical (unpaired) electrons. The van der Waals surface area contributed by atoms with Crippen LogP contribution in [-0.4, -0.2) is 35.0 Å². The highest BCUT2D eigenvalue weighted by atomic mass is 79.9. The zero-order valence-corrected chi connectivity index (χ0v) is 15.7. The molecule has 1 aliphatic rings. The maximum atomic E-state index is 13.6. The van der Waals surface area contributed by atoms with Crippen LogP contribution in [0.15, 0.2) is 41.0 Å². The van der Waals surface area contributed by atoms with E-state index in [0.717, 1.165) is 23.1 Å². The van der Waals surface area contributed by atoms with E-state index in [-0.39, 0.29) is 30.2 Å². The Morgan fingerprint density at radius 1 is 1.42 bits per heavy atom. The molecule has 24 heavy (non-hydrogen) atoms. The summed E-state index contributed by atoms with van der Waals surface area (Å²) in [4.78, 5) is 14.9. The molecule has 1 aliphatic heterocycles. The molecule has 0 aliphatic carbocycles. The molecule has 1 aromatic heterocycles. The molecule has 0 saturated carbocycles. The van der Waals surface area contributed by atoms with Gasteiger partial charge in [0.25, 0.3) is 5.91 Å². The molecule has 7 heteroatoms. The number of halogens is 3. The van der Waals surface area contributed by atoms with Crippen LogP contribution in [0.25, 0.3) is 0 Å². The number of hydrogen-bond acceptors (Lipinski definition) is 2. The normalized spacial score (nSPS) is 17.5. The Morgan fingerprint density at radius 3 is 2.92 bits per heavy atom. The van der Waals surface area contributed by atoms with E-state index >= 15 is 0 Å². The highest BCUT2D eigenvalue weighted by molar-refractivity contribution is 9.10. The minimum Gasteiger partial charge on any atom is -0.343 e. The lowest BCUT2D eigenvalue weighted by Crippen LogP contribution is -2.49. The number of nitrogens with one attached hydrogen (secondary N) is 1. The van der Waals surface area contributed by atoms with Crippen molar-refractivity contribution >= 4 is 34.2 Å². The molecule has 0 bridgehead atoms. The van der Waals surface area contributed by atoms with Gasteiger partial charge in [-0.05, 0) is 46.6 Å². The Kier molecular flexibility index (Phi) is 6.43. The molecule has 1 fully saturated rings. The van der Waals surface area contributed by atoms with Crippen LogP contribution in [0.3, 0.4) is 0 Å². The van der Waals surface area contributed by atoms with E-state index in [1.54, 1.807) is 6.07 Å². The number of amides is 1. The largest absolute Gasteiger partial charge is 0.343 e. The third kappa shape index (κ3) is 3.82. The van der Waals surface area contributed by atoms with E-state index in [4.69, 9.17) is 0 Å². The summed E-state index contributed by atoms with van der Waals surface area (Å²) in [5, 5.41) is 3.29. The summed E-state index contributed by atoms with van der Waals surface area (Å²) in [6, 6.07) is 8.17. The standard InChI is InChI=1S/C17H19BrFN3O.ClH/c1-2-21-11-13(18)9-15(21)17(23)22-7-6-20-10-16(22)12-4-3-5-14(19)8-12;/h3-5,8-9,11,16,20H,2,6-7,10H2,1H3;1H. The first kappa shape index (κ1) is 19.0. The van der Waals surface area contributed by atoms with Gasteiger partial charge in [-0.25, -0.2) is 4.39 Å². The fourth-order valence-corrected chi connectivity index (χ4v) is 3.49. The summed E-state index contributed by atoms with van der Waals surface area (Å²) >= 11 is 3.43. The number of aromatic nitrogens is 1. The fraction of sp³-hybridized carbons (Fsp3) is 0.353. The quantitative estimate of drug-likeness (QED) is 0.830. The van der Waals surface area contributed by atoms with Crippen molar-refractivity contribution in [1.82, 2.24) is 14.8 Å². The van der Waals surface area contributed by atoms with Gasteiger partial charge in [-0.1, -0.05) is 12.1 Å². The Morgan fingerprint density at radius 2 is 2.21 bits per heavy atom. The minimum absolute atomic E-state index is 0. The SMILES string of the molecule is CCn1cc(Br)cc1C(=O)N1CCNCC1c1cccc(F)c1.Cl. The number of carbonyl (C=O) groups is 1. The highest BCUT2D eigenvalue weighted by Gasteiger charge is 2.30. The van der Waals surface area contributed by atoms with E-state index in [1.807, 2.05) is 34.7 Å². The van der Waals surface area contributed by atoms with Gasteiger partial charge in [0, 0.05) is 36.8 Å².